The Morgan fingerprint density at radius 2 is 1.87 bits per heavy atom. The molecule has 120 valence electrons. The first kappa shape index (κ1) is 15.4. The number of amides is 1. The smallest absolute Gasteiger partial charge is 0.255 e. The van der Waals surface area contributed by atoms with E-state index in [1.54, 1.807) is 18.2 Å². The minimum atomic E-state index is -0.130. The van der Waals surface area contributed by atoms with Crippen LogP contribution in [0.3, 0.4) is 0 Å². The molecule has 4 nitrogen and oxygen atoms in total. The van der Waals surface area contributed by atoms with E-state index < -0.39 is 0 Å². The summed E-state index contributed by atoms with van der Waals surface area (Å²) in [7, 11) is 0. The average molecular weight is 311 g/mol. The number of fused-ring (bicyclic) bond motifs is 1. The topological polar surface area (TPSA) is 47.6 Å². The van der Waals surface area contributed by atoms with Gasteiger partial charge in [-0.2, -0.15) is 0 Å². The van der Waals surface area contributed by atoms with E-state index in [1.807, 2.05) is 0 Å². The van der Waals surface area contributed by atoms with Crippen LogP contribution in [0.4, 0.5) is 0 Å². The van der Waals surface area contributed by atoms with Crippen LogP contribution < -0.4 is 14.8 Å². The van der Waals surface area contributed by atoms with Crippen LogP contribution in [-0.2, 0) is 6.42 Å². The van der Waals surface area contributed by atoms with Gasteiger partial charge in [-0.05, 0) is 56.0 Å². The molecule has 1 aliphatic rings. The third-order valence-electron chi connectivity index (χ3n) is 4.14. The van der Waals surface area contributed by atoms with Gasteiger partial charge in [0.2, 0.25) is 6.79 Å². The van der Waals surface area contributed by atoms with Gasteiger partial charge >= 0.3 is 0 Å². The predicted octanol–water partition coefficient (Wildman–Crippen LogP) is 3.31. The zero-order valence-corrected chi connectivity index (χ0v) is 13.7. The van der Waals surface area contributed by atoms with Crippen LogP contribution in [0.25, 0.3) is 0 Å². The minimum Gasteiger partial charge on any atom is -0.454 e. The molecule has 1 N–H and O–H groups in total. The van der Waals surface area contributed by atoms with Gasteiger partial charge in [-0.1, -0.05) is 23.8 Å². The van der Waals surface area contributed by atoms with Crippen LogP contribution in [0.15, 0.2) is 30.3 Å². The lowest BCUT2D eigenvalue weighted by molar-refractivity contribution is 0.0949. The molecule has 0 fully saturated rings. The fourth-order valence-corrected chi connectivity index (χ4v) is 3.11. The summed E-state index contributed by atoms with van der Waals surface area (Å²) < 4.78 is 10.7. The third kappa shape index (κ3) is 3.16. The van der Waals surface area contributed by atoms with Gasteiger partial charge in [0, 0.05) is 6.54 Å². The molecule has 2 aromatic rings. The summed E-state index contributed by atoms with van der Waals surface area (Å²) in [6.45, 7) is 7.10. The Morgan fingerprint density at radius 3 is 2.61 bits per heavy atom. The van der Waals surface area contributed by atoms with E-state index in [0.29, 0.717) is 23.6 Å². The minimum absolute atomic E-state index is 0.130. The van der Waals surface area contributed by atoms with Gasteiger partial charge in [-0.25, -0.2) is 0 Å². The molecule has 2 aromatic carbocycles. The number of para-hydroxylation sites is 1. The maximum atomic E-state index is 12.4. The van der Waals surface area contributed by atoms with E-state index in [2.05, 4.69) is 38.2 Å². The van der Waals surface area contributed by atoms with Crippen molar-refractivity contribution >= 4 is 5.91 Å². The molecule has 0 spiro atoms. The monoisotopic (exact) mass is 311 g/mol. The molecule has 4 heteroatoms. The number of carbonyl (C=O) groups is 1. The molecule has 0 unspecified atom stereocenters. The summed E-state index contributed by atoms with van der Waals surface area (Å²) in [5, 5.41) is 2.97. The molecular weight excluding hydrogens is 290 g/mol. The van der Waals surface area contributed by atoms with Crippen molar-refractivity contribution in [2.24, 2.45) is 0 Å². The quantitative estimate of drug-likeness (QED) is 0.942. The van der Waals surface area contributed by atoms with Crippen molar-refractivity contribution in [2.45, 2.75) is 27.2 Å². The Kier molecular flexibility index (Phi) is 4.24. The van der Waals surface area contributed by atoms with Crippen molar-refractivity contribution in [1.82, 2.24) is 5.32 Å². The van der Waals surface area contributed by atoms with Crippen LogP contribution in [-0.4, -0.2) is 19.2 Å². The molecule has 0 radical (unpaired) electrons. The molecule has 0 saturated carbocycles. The third-order valence-corrected chi connectivity index (χ3v) is 4.14. The second-order valence-corrected chi connectivity index (χ2v) is 5.92. The molecule has 0 bridgehead atoms. The first-order chi connectivity index (χ1) is 11.1. The first-order valence-corrected chi connectivity index (χ1v) is 7.80. The standard InChI is InChI=1S/C19H21NO3/c1-12-9-13(2)15(14(3)10-12)7-8-20-19(21)16-5-4-6-17-18(16)23-11-22-17/h4-6,9-10H,7-8,11H2,1-3H3,(H,20,21). The number of hydrogen-bond acceptors (Lipinski definition) is 3. The molecule has 1 amide bonds. The molecular formula is C19H21NO3. The summed E-state index contributed by atoms with van der Waals surface area (Å²) in [4.78, 5) is 12.4. The van der Waals surface area contributed by atoms with Gasteiger partial charge in [-0.15, -0.1) is 0 Å². The summed E-state index contributed by atoms with van der Waals surface area (Å²) in [6, 6.07) is 9.72. The lowest BCUT2D eigenvalue weighted by atomic mass is 9.97. The molecule has 0 aliphatic carbocycles. The normalized spacial score (nSPS) is 12.3. The molecule has 0 saturated heterocycles. The number of nitrogens with one attached hydrogen (secondary N) is 1. The number of hydrogen-bond donors (Lipinski definition) is 1. The van der Waals surface area contributed by atoms with Gasteiger partial charge in [0.25, 0.3) is 5.91 Å². The van der Waals surface area contributed by atoms with Crippen molar-refractivity contribution in [3.05, 3.63) is 58.1 Å². The van der Waals surface area contributed by atoms with Crippen molar-refractivity contribution < 1.29 is 14.3 Å². The molecule has 0 aromatic heterocycles. The van der Waals surface area contributed by atoms with Gasteiger partial charge in [0.15, 0.2) is 11.5 Å². The second-order valence-electron chi connectivity index (χ2n) is 5.92. The van der Waals surface area contributed by atoms with E-state index in [9.17, 15) is 4.79 Å². The summed E-state index contributed by atoms with van der Waals surface area (Å²) in [5.41, 5.74) is 5.64. The zero-order valence-electron chi connectivity index (χ0n) is 13.7. The van der Waals surface area contributed by atoms with Crippen LogP contribution >= 0.6 is 0 Å². The van der Waals surface area contributed by atoms with Crippen molar-refractivity contribution in [1.29, 1.82) is 0 Å². The predicted molar refractivity (Wildman–Crippen MR) is 89.3 cm³/mol. The largest absolute Gasteiger partial charge is 0.454 e. The highest BCUT2D eigenvalue weighted by Crippen LogP contribution is 2.35. The Balaban J connectivity index is 1.66. The maximum Gasteiger partial charge on any atom is 0.255 e. The van der Waals surface area contributed by atoms with E-state index in [4.69, 9.17) is 9.47 Å². The van der Waals surface area contributed by atoms with Crippen LogP contribution in [0.5, 0.6) is 11.5 Å². The Bertz CT molecular complexity index is 729. The van der Waals surface area contributed by atoms with Gasteiger partial charge in [0.1, 0.15) is 0 Å². The summed E-state index contributed by atoms with van der Waals surface area (Å²) in [5.74, 6) is 1.03. The van der Waals surface area contributed by atoms with Crippen molar-refractivity contribution in [3.63, 3.8) is 0 Å². The van der Waals surface area contributed by atoms with E-state index in [-0.39, 0.29) is 12.7 Å². The van der Waals surface area contributed by atoms with E-state index >= 15 is 0 Å². The number of ether oxygens (including phenoxy) is 2. The van der Waals surface area contributed by atoms with Crippen LogP contribution in [0.1, 0.15) is 32.6 Å². The number of aryl methyl sites for hydroxylation is 3. The molecule has 23 heavy (non-hydrogen) atoms. The highest BCUT2D eigenvalue weighted by atomic mass is 16.7. The highest BCUT2D eigenvalue weighted by molar-refractivity contribution is 5.97. The van der Waals surface area contributed by atoms with Gasteiger partial charge in [-0.3, -0.25) is 4.79 Å². The van der Waals surface area contributed by atoms with Gasteiger partial charge in [0.05, 0.1) is 5.56 Å². The molecule has 3 rings (SSSR count). The Morgan fingerprint density at radius 1 is 1.13 bits per heavy atom. The lowest BCUT2D eigenvalue weighted by Gasteiger charge is -2.12. The number of carbonyl (C=O) groups excluding carboxylic acids is 1. The van der Waals surface area contributed by atoms with Gasteiger partial charge < -0.3 is 14.8 Å². The highest BCUT2D eigenvalue weighted by Gasteiger charge is 2.21. The summed E-state index contributed by atoms with van der Waals surface area (Å²) >= 11 is 0. The van der Waals surface area contributed by atoms with E-state index in [0.717, 1.165) is 6.42 Å². The molecule has 1 heterocycles. The number of rotatable bonds is 4. The molecule has 1 aliphatic heterocycles. The fraction of sp³-hybridized carbons (Fsp3) is 0.316. The first-order valence-electron chi connectivity index (χ1n) is 7.80. The average Bonchev–Trinajstić information content (AvgIpc) is 2.98. The summed E-state index contributed by atoms with van der Waals surface area (Å²) in [6.07, 6.45) is 0.816. The van der Waals surface area contributed by atoms with Crippen LogP contribution in [0.2, 0.25) is 0 Å². The van der Waals surface area contributed by atoms with E-state index in [1.165, 1.54) is 22.3 Å². The Hall–Kier alpha value is -2.49. The SMILES string of the molecule is Cc1cc(C)c(CCNC(=O)c2cccc3c2OCO3)c(C)c1. The molecule has 0 atom stereocenters. The van der Waals surface area contributed by atoms with Crippen molar-refractivity contribution in [3.8, 4) is 11.5 Å². The lowest BCUT2D eigenvalue weighted by Crippen LogP contribution is -2.26. The Labute approximate surface area is 136 Å². The number of benzene rings is 2. The van der Waals surface area contributed by atoms with Crippen LogP contribution in [0, 0.1) is 20.8 Å². The van der Waals surface area contributed by atoms with Crippen molar-refractivity contribution in [2.75, 3.05) is 13.3 Å². The zero-order chi connectivity index (χ0) is 16.4. The second kappa shape index (κ2) is 6.32. The fourth-order valence-electron chi connectivity index (χ4n) is 3.11. The maximum absolute atomic E-state index is 12.4.